The van der Waals surface area contributed by atoms with Gasteiger partial charge in [-0.2, -0.15) is 0 Å². The number of alkyl halides is 2. The van der Waals surface area contributed by atoms with Crippen LogP contribution in [0.25, 0.3) is 0 Å². The molecule has 0 aliphatic rings. The van der Waals surface area contributed by atoms with Gasteiger partial charge in [-0.3, -0.25) is 19.9 Å². The van der Waals surface area contributed by atoms with Crippen molar-refractivity contribution in [3.63, 3.8) is 0 Å². The molecule has 0 saturated heterocycles. The molecular formula is C22H18Cl2CuN4. The maximum Gasteiger partial charge on any atom is 0.118 e. The minimum atomic E-state index is -0.266. The summed E-state index contributed by atoms with van der Waals surface area (Å²) in [4.78, 5) is 16.7. The molecule has 4 rings (SSSR count). The van der Waals surface area contributed by atoms with Crippen molar-refractivity contribution in [2.75, 3.05) is 0 Å². The Hall–Kier alpha value is -2.30. The van der Waals surface area contributed by atoms with Crippen LogP contribution in [0.1, 0.15) is 33.5 Å². The molecule has 0 bridgehead atoms. The smallest absolute Gasteiger partial charge is 0.118 e. The Bertz CT molecular complexity index is 785. The first kappa shape index (κ1) is 23.0. The quantitative estimate of drug-likeness (QED) is 0.286. The van der Waals surface area contributed by atoms with Gasteiger partial charge >= 0.3 is 0 Å². The van der Waals surface area contributed by atoms with E-state index in [-0.39, 0.29) is 27.8 Å². The number of hydrogen-bond donors (Lipinski definition) is 0. The molecule has 0 saturated carbocycles. The molecule has 4 nitrogen and oxygen atoms in total. The minimum Gasteiger partial charge on any atom is -0.259 e. The zero-order chi connectivity index (χ0) is 19.6. The summed E-state index contributed by atoms with van der Waals surface area (Å²) in [6, 6.07) is 22.7. The second kappa shape index (κ2) is 12.3. The fourth-order valence-corrected chi connectivity index (χ4v) is 2.92. The van der Waals surface area contributed by atoms with Crippen molar-refractivity contribution in [1.82, 2.24) is 19.9 Å². The van der Waals surface area contributed by atoms with Crippen LogP contribution in [0.3, 0.4) is 0 Å². The van der Waals surface area contributed by atoms with Crippen molar-refractivity contribution < 1.29 is 17.1 Å². The number of hydrogen-bond acceptors (Lipinski definition) is 4. The van der Waals surface area contributed by atoms with Crippen LogP contribution in [0.2, 0.25) is 0 Å². The van der Waals surface area contributed by atoms with Crippen molar-refractivity contribution in [3.05, 3.63) is 120 Å². The number of aromatic nitrogens is 4. The molecule has 0 atom stereocenters. The molecule has 4 aromatic heterocycles. The van der Waals surface area contributed by atoms with Crippen molar-refractivity contribution in [2.45, 2.75) is 10.8 Å². The van der Waals surface area contributed by atoms with E-state index in [1.165, 1.54) is 0 Å². The van der Waals surface area contributed by atoms with Crippen LogP contribution in [-0.2, 0) is 17.1 Å². The van der Waals surface area contributed by atoms with E-state index in [0.717, 1.165) is 22.8 Å². The summed E-state index contributed by atoms with van der Waals surface area (Å²) in [6.07, 6.45) is 6.92. The minimum absolute atomic E-state index is 0. The molecule has 151 valence electrons. The summed E-state index contributed by atoms with van der Waals surface area (Å²) < 4.78 is 0. The van der Waals surface area contributed by atoms with Gasteiger partial charge in [0.25, 0.3) is 0 Å². The summed E-state index contributed by atoms with van der Waals surface area (Å²) in [5.41, 5.74) is 3.31. The standard InChI is InChI=1S/2C11H9ClN2.Cu/c2*12-11(9-5-1-3-7-13-9)10-6-2-4-8-14-10;/h2*1-8,11H;. The molecule has 4 aromatic rings. The predicted molar refractivity (Wildman–Crippen MR) is 112 cm³/mol. The molecule has 4 heterocycles. The largest absolute Gasteiger partial charge is 0.259 e. The molecule has 0 amide bonds. The third kappa shape index (κ3) is 6.91. The SMILES string of the molecule is ClC(c1ccccn1)c1ccccn1.ClC(c1ccccn1)c1ccccn1.[Cu]. The Kier molecular flexibility index (Phi) is 9.75. The van der Waals surface area contributed by atoms with Crippen LogP contribution < -0.4 is 0 Å². The molecule has 0 N–H and O–H groups in total. The van der Waals surface area contributed by atoms with E-state index < -0.39 is 0 Å². The summed E-state index contributed by atoms with van der Waals surface area (Å²) in [6.45, 7) is 0. The maximum atomic E-state index is 6.21. The molecule has 0 aliphatic heterocycles. The first-order chi connectivity index (χ1) is 13.8. The third-order valence-corrected chi connectivity index (χ3v) is 4.68. The van der Waals surface area contributed by atoms with Gasteiger partial charge in [-0.25, -0.2) is 0 Å². The van der Waals surface area contributed by atoms with Gasteiger partial charge < -0.3 is 0 Å². The van der Waals surface area contributed by atoms with Gasteiger partial charge in [0, 0.05) is 41.9 Å². The average Bonchev–Trinajstić information content (AvgIpc) is 2.81. The Labute approximate surface area is 190 Å². The van der Waals surface area contributed by atoms with Crippen LogP contribution in [0.4, 0.5) is 0 Å². The van der Waals surface area contributed by atoms with Gasteiger partial charge in [0.05, 0.1) is 22.8 Å². The Balaban J connectivity index is 0.000000200. The van der Waals surface area contributed by atoms with Gasteiger partial charge in [0.15, 0.2) is 0 Å². The summed E-state index contributed by atoms with van der Waals surface area (Å²) in [7, 11) is 0. The van der Waals surface area contributed by atoms with E-state index in [4.69, 9.17) is 23.2 Å². The number of rotatable bonds is 4. The number of halogens is 2. The fourth-order valence-electron chi connectivity index (χ4n) is 2.41. The van der Waals surface area contributed by atoms with E-state index in [9.17, 15) is 0 Å². The molecule has 0 aliphatic carbocycles. The number of pyridine rings is 4. The van der Waals surface area contributed by atoms with E-state index in [1.807, 2.05) is 72.8 Å². The second-order valence-corrected chi connectivity index (χ2v) is 6.62. The Morgan fingerprint density at radius 1 is 0.448 bits per heavy atom. The average molecular weight is 473 g/mol. The van der Waals surface area contributed by atoms with Gasteiger partial charge in [0.2, 0.25) is 0 Å². The van der Waals surface area contributed by atoms with Crippen LogP contribution in [0.5, 0.6) is 0 Å². The van der Waals surface area contributed by atoms with Crippen molar-refractivity contribution in [3.8, 4) is 0 Å². The van der Waals surface area contributed by atoms with Crippen molar-refractivity contribution >= 4 is 23.2 Å². The molecule has 0 spiro atoms. The van der Waals surface area contributed by atoms with Gasteiger partial charge in [-0.1, -0.05) is 24.3 Å². The van der Waals surface area contributed by atoms with E-state index in [0.29, 0.717) is 0 Å². The van der Waals surface area contributed by atoms with Crippen LogP contribution >= 0.6 is 23.2 Å². The van der Waals surface area contributed by atoms with E-state index in [2.05, 4.69) is 19.9 Å². The Morgan fingerprint density at radius 3 is 0.862 bits per heavy atom. The van der Waals surface area contributed by atoms with E-state index in [1.54, 1.807) is 24.8 Å². The topological polar surface area (TPSA) is 51.6 Å². The van der Waals surface area contributed by atoms with Crippen molar-refractivity contribution in [2.24, 2.45) is 0 Å². The molecule has 0 unspecified atom stereocenters. The van der Waals surface area contributed by atoms with Gasteiger partial charge in [0.1, 0.15) is 10.8 Å². The van der Waals surface area contributed by atoms with Crippen molar-refractivity contribution in [1.29, 1.82) is 0 Å². The molecule has 0 fully saturated rings. The fraction of sp³-hybridized carbons (Fsp3) is 0.0909. The van der Waals surface area contributed by atoms with Crippen LogP contribution in [0, 0.1) is 0 Å². The zero-order valence-corrected chi connectivity index (χ0v) is 17.7. The molecule has 1 radical (unpaired) electrons. The first-order valence-corrected chi connectivity index (χ1v) is 9.55. The maximum absolute atomic E-state index is 6.21. The predicted octanol–water partition coefficient (Wildman–Crippen LogP) is 5.61. The zero-order valence-electron chi connectivity index (χ0n) is 15.2. The molecule has 29 heavy (non-hydrogen) atoms. The summed E-state index contributed by atoms with van der Waals surface area (Å²) >= 11 is 12.4. The molecule has 7 heteroatoms. The normalized spacial score (nSPS) is 10.1. The molecular weight excluding hydrogens is 455 g/mol. The van der Waals surface area contributed by atoms with Crippen LogP contribution in [0.15, 0.2) is 97.6 Å². The second-order valence-electron chi connectivity index (χ2n) is 5.74. The monoisotopic (exact) mass is 471 g/mol. The van der Waals surface area contributed by atoms with Gasteiger partial charge in [-0.05, 0) is 48.5 Å². The summed E-state index contributed by atoms with van der Waals surface area (Å²) in [5.74, 6) is 0. The Morgan fingerprint density at radius 2 is 0.690 bits per heavy atom. The third-order valence-electron chi connectivity index (χ3n) is 3.79. The van der Waals surface area contributed by atoms with Crippen LogP contribution in [-0.4, -0.2) is 19.9 Å². The van der Waals surface area contributed by atoms with E-state index >= 15 is 0 Å². The first-order valence-electron chi connectivity index (χ1n) is 8.67. The number of nitrogens with zero attached hydrogens (tertiary/aromatic N) is 4. The van der Waals surface area contributed by atoms with Gasteiger partial charge in [-0.15, -0.1) is 23.2 Å². The molecule has 0 aromatic carbocycles. The summed E-state index contributed by atoms with van der Waals surface area (Å²) in [5, 5.41) is -0.533.